The standard InChI is InChI=1S/C19H32N2/c1-5-17-7-6-11-21(12-10-17)14-19(20-4)18-9-8-15(2)16(3)13-18/h8-9,13,17,19-20H,5-7,10-12,14H2,1-4H3. The normalized spacial score (nSPS) is 22.0. The van der Waals surface area contributed by atoms with Crippen LogP contribution in [0.25, 0.3) is 0 Å². The van der Waals surface area contributed by atoms with Crippen molar-refractivity contribution in [1.82, 2.24) is 10.2 Å². The zero-order chi connectivity index (χ0) is 15.2. The van der Waals surface area contributed by atoms with Gasteiger partial charge >= 0.3 is 0 Å². The molecule has 1 aromatic carbocycles. The molecule has 2 atom stereocenters. The molecule has 0 spiro atoms. The Labute approximate surface area is 130 Å². The predicted molar refractivity (Wildman–Crippen MR) is 91.8 cm³/mol. The Kier molecular flexibility index (Phi) is 6.25. The fraction of sp³-hybridized carbons (Fsp3) is 0.684. The van der Waals surface area contributed by atoms with Crippen molar-refractivity contribution in [2.45, 2.75) is 52.5 Å². The van der Waals surface area contributed by atoms with Crippen LogP contribution in [-0.2, 0) is 0 Å². The lowest BCUT2D eigenvalue weighted by Gasteiger charge is -2.27. The second-order valence-corrected chi connectivity index (χ2v) is 6.69. The van der Waals surface area contributed by atoms with Crippen molar-refractivity contribution in [2.75, 3.05) is 26.7 Å². The van der Waals surface area contributed by atoms with Crippen LogP contribution in [0, 0.1) is 19.8 Å². The van der Waals surface area contributed by atoms with Crippen LogP contribution >= 0.6 is 0 Å². The Morgan fingerprint density at radius 2 is 2.00 bits per heavy atom. The molecule has 1 aromatic rings. The Morgan fingerprint density at radius 3 is 2.67 bits per heavy atom. The first-order chi connectivity index (χ1) is 10.1. The maximum atomic E-state index is 3.52. The number of hydrogen-bond acceptors (Lipinski definition) is 2. The number of aryl methyl sites for hydroxylation is 2. The van der Waals surface area contributed by atoms with E-state index in [2.05, 4.69) is 56.2 Å². The molecule has 2 nitrogen and oxygen atoms in total. The highest BCUT2D eigenvalue weighted by Gasteiger charge is 2.19. The summed E-state index contributed by atoms with van der Waals surface area (Å²) < 4.78 is 0. The van der Waals surface area contributed by atoms with Gasteiger partial charge in [-0.3, -0.25) is 0 Å². The van der Waals surface area contributed by atoms with Gasteiger partial charge in [-0.15, -0.1) is 0 Å². The lowest BCUT2D eigenvalue weighted by Crippen LogP contribution is -2.34. The summed E-state index contributed by atoms with van der Waals surface area (Å²) in [5.74, 6) is 0.949. The molecule has 2 rings (SSSR count). The smallest absolute Gasteiger partial charge is 0.0446 e. The molecule has 0 amide bonds. The molecule has 1 heterocycles. The van der Waals surface area contributed by atoms with Crippen molar-refractivity contribution < 1.29 is 0 Å². The average Bonchev–Trinajstić information content (AvgIpc) is 2.72. The van der Waals surface area contributed by atoms with Gasteiger partial charge in [-0.05, 0) is 75.9 Å². The number of benzene rings is 1. The summed E-state index contributed by atoms with van der Waals surface area (Å²) >= 11 is 0. The zero-order valence-electron chi connectivity index (χ0n) is 14.3. The van der Waals surface area contributed by atoms with E-state index < -0.39 is 0 Å². The minimum absolute atomic E-state index is 0.447. The predicted octanol–water partition coefficient (Wildman–Crippen LogP) is 4.08. The summed E-state index contributed by atoms with van der Waals surface area (Å²) in [6, 6.07) is 7.34. The summed E-state index contributed by atoms with van der Waals surface area (Å²) in [5, 5.41) is 3.52. The van der Waals surface area contributed by atoms with Crippen LogP contribution in [0.4, 0.5) is 0 Å². The van der Waals surface area contributed by atoms with E-state index in [-0.39, 0.29) is 0 Å². The minimum atomic E-state index is 0.447. The van der Waals surface area contributed by atoms with Crippen molar-refractivity contribution in [3.05, 3.63) is 34.9 Å². The highest BCUT2D eigenvalue weighted by Crippen LogP contribution is 2.23. The minimum Gasteiger partial charge on any atom is -0.312 e. The van der Waals surface area contributed by atoms with E-state index >= 15 is 0 Å². The summed E-state index contributed by atoms with van der Waals surface area (Å²) in [6.07, 6.45) is 5.50. The van der Waals surface area contributed by atoms with Gasteiger partial charge in [0.05, 0.1) is 0 Å². The molecule has 0 aromatic heterocycles. The van der Waals surface area contributed by atoms with E-state index in [1.54, 1.807) is 0 Å². The Balaban J connectivity index is 1.99. The fourth-order valence-corrected chi connectivity index (χ4v) is 3.42. The number of likely N-dealkylation sites (tertiary alicyclic amines) is 1. The molecule has 0 aliphatic carbocycles. The zero-order valence-corrected chi connectivity index (χ0v) is 14.3. The van der Waals surface area contributed by atoms with Crippen LogP contribution in [0.15, 0.2) is 18.2 Å². The van der Waals surface area contributed by atoms with E-state index in [4.69, 9.17) is 0 Å². The van der Waals surface area contributed by atoms with Gasteiger partial charge < -0.3 is 10.2 Å². The van der Waals surface area contributed by atoms with Crippen LogP contribution < -0.4 is 5.32 Å². The number of likely N-dealkylation sites (N-methyl/N-ethyl adjacent to an activating group) is 1. The number of hydrogen-bond donors (Lipinski definition) is 1. The first kappa shape index (κ1) is 16.5. The van der Waals surface area contributed by atoms with E-state index in [1.807, 2.05) is 0 Å². The van der Waals surface area contributed by atoms with Crippen molar-refractivity contribution in [2.24, 2.45) is 5.92 Å². The molecule has 1 aliphatic rings. The van der Waals surface area contributed by atoms with Crippen LogP contribution in [0.3, 0.4) is 0 Å². The molecule has 0 radical (unpaired) electrons. The topological polar surface area (TPSA) is 15.3 Å². The van der Waals surface area contributed by atoms with Crippen LogP contribution in [0.2, 0.25) is 0 Å². The van der Waals surface area contributed by atoms with E-state index in [1.165, 1.54) is 55.5 Å². The summed E-state index contributed by atoms with van der Waals surface area (Å²) in [4.78, 5) is 2.66. The van der Waals surface area contributed by atoms with Gasteiger partial charge in [0.1, 0.15) is 0 Å². The highest BCUT2D eigenvalue weighted by molar-refractivity contribution is 5.31. The quantitative estimate of drug-likeness (QED) is 0.878. The van der Waals surface area contributed by atoms with Crippen molar-refractivity contribution in [3.63, 3.8) is 0 Å². The molecule has 1 aliphatic heterocycles. The number of rotatable bonds is 5. The first-order valence-corrected chi connectivity index (χ1v) is 8.60. The van der Waals surface area contributed by atoms with Gasteiger partial charge in [-0.2, -0.15) is 0 Å². The first-order valence-electron chi connectivity index (χ1n) is 8.60. The second kappa shape index (κ2) is 7.95. The van der Waals surface area contributed by atoms with Gasteiger partial charge in [0.2, 0.25) is 0 Å². The van der Waals surface area contributed by atoms with E-state index in [0.29, 0.717) is 6.04 Å². The average molecular weight is 288 g/mol. The van der Waals surface area contributed by atoms with Gasteiger partial charge in [0, 0.05) is 12.6 Å². The Hall–Kier alpha value is -0.860. The molecule has 1 fully saturated rings. The van der Waals surface area contributed by atoms with Crippen LogP contribution in [0.1, 0.15) is 55.3 Å². The van der Waals surface area contributed by atoms with Gasteiger partial charge in [0.15, 0.2) is 0 Å². The van der Waals surface area contributed by atoms with Gasteiger partial charge in [-0.1, -0.05) is 31.5 Å². The second-order valence-electron chi connectivity index (χ2n) is 6.69. The molecule has 2 unspecified atom stereocenters. The Morgan fingerprint density at radius 1 is 1.19 bits per heavy atom. The SMILES string of the molecule is CCC1CCCN(CC(NC)c2ccc(C)c(C)c2)CC1. The molecular formula is C19H32N2. The van der Waals surface area contributed by atoms with Crippen LogP contribution in [-0.4, -0.2) is 31.6 Å². The lowest BCUT2D eigenvalue weighted by molar-refractivity contribution is 0.252. The number of nitrogens with zero attached hydrogens (tertiary/aromatic N) is 1. The third kappa shape index (κ3) is 4.55. The molecule has 118 valence electrons. The largest absolute Gasteiger partial charge is 0.312 e. The van der Waals surface area contributed by atoms with Crippen molar-refractivity contribution in [1.29, 1.82) is 0 Å². The Bertz CT molecular complexity index is 441. The molecule has 1 N–H and O–H groups in total. The number of nitrogens with one attached hydrogen (secondary N) is 1. The van der Waals surface area contributed by atoms with Crippen molar-refractivity contribution in [3.8, 4) is 0 Å². The maximum absolute atomic E-state index is 3.52. The third-order valence-corrected chi connectivity index (χ3v) is 5.24. The summed E-state index contributed by atoms with van der Waals surface area (Å²) in [5.41, 5.74) is 4.21. The fourth-order valence-electron chi connectivity index (χ4n) is 3.42. The molecule has 0 bridgehead atoms. The molecule has 1 saturated heterocycles. The van der Waals surface area contributed by atoms with E-state index in [9.17, 15) is 0 Å². The van der Waals surface area contributed by atoms with Gasteiger partial charge in [-0.25, -0.2) is 0 Å². The maximum Gasteiger partial charge on any atom is 0.0446 e. The lowest BCUT2D eigenvalue weighted by atomic mass is 9.98. The highest BCUT2D eigenvalue weighted by atomic mass is 15.1. The summed E-state index contributed by atoms with van der Waals surface area (Å²) in [7, 11) is 2.09. The van der Waals surface area contributed by atoms with Gasteiger partial charge in [0.25, 0.3) is 0 Å². The van der Waals surface area contributed by atoms with Crippen LogP contribution in [0.5, 0.6) is 0 Å². The molecule has 21 heavy (non-hydrogen) atoms. The molecule has 2 heteroatoms. The van der Waals surface area contributed by atoms with E-state index in [0.717, 1.165) is 12.5 Å². The monoisotopic (exact) mass is 288 g/mol. The third-order valence-electron chi connectivity index (χ3n) is 5.24. The summed E-state index contributed by atoms with van der Waals surface area (Å²) in [6.45, 7) is 10.4. The molecular weight excluding hydrogens is 256 g/mol. The van der Waals surface area contributed by atoms with Crippen molar-refractivity contribution >= 4 is 0 Å². The molecule has 0 saturated carbocycles.